The van der Waals surface area contributed by atoms with Crippen molar-refractivity contribution in [3.05, 3.63) is 58.9 Å². The first-order chi connectivity index (χ1) is 14.0. The lowest BCUT2D eigenvalue weighted by Gasteiger charge is -2.14. The topological polar surface area (TPSA) is 86.5 Å². The lowest BCUT2D eigenvalue weighted by Crippen LogP contribution is -2.26. The summed E-state index contributed by atoms with van der Waals surface area (Å²) in [6, 6.07) is 12.6. The minimum absolute atomic E-state index is 0.0988. The van der Waals surface area contributed by atoms with Crippen LogP contribution in [0.4, 0.5) is 0 Å². The molecule has 0 fully saturated rings. The van der Waals surface area contributed by atoms with Crippen molar-refractivity contribution in [1.29, 1.82) is 0 Å². The highest BCUT2D eigenvalue weighted by molar-refractivity contribution is 6.30. The van der Waals surface area contributed by atoms with Crippen molar-refractivity contribution < 1.29 is 18.8 Å². The van der Waals surface area contributed by atoms with Gasteiger partial charge in [0.2, 0.25) is 17.6 Å². The third-order valence-corrected chi connectivity index (χ3v) is 4.68. The van der Waals surface area contributed by atoms with Gasteiger partial charge >= 0.3 is 0 Å². The van der Waals surface area contributed by atoms with Crippen LogP contribution in [-0.4, -0.2) is 30.3 Å². The Balaban J connectivity index is 1.57. The van der Waals surface area contributed by atoms with E-state index in [-0.39, 0.29) is 18.4 Å². The van der Waals surface area contributed by atoms with E-state index in [2.05, 4.69) is 15.5 Å². The zero-order chi connectivity index (χ0) is 20.8. The molecule has 0 saturated heterocycles. The first-order valence-electron chi connectivity index (χ1n) is 9.10. The van der Waals surface area contributed by atoms with Gasteiger partial charge in [0.1, 0.15) is 0 Å². The number of halogens is 1. The minimum atomic E-state index is -0.121. The van der Waals surface area contributed by atoms with Gasteiger partial charge in [0.15, 0.2) is 11.5 Å². The van der Waals surface area contributed by atoms with E-state index in [1.54, 1.807) is 38.5 Å². The van der Waals surface area contributed by atoms with Crippen LogP contribution in [0.3, 0.4) is 0 Å². The molecular weight excluding hydrogens is 394 g/mol. The molecule has 29 heavy (non-hydrogen) atoms. The third kappa shape index (κ3) is 5.26. The second-order valence-corrected chi connectivity index (χ2v) is 6.86. The fourth-order valence-corrected chi connectivity index (χ4v) is 2.94. The van der Waals surface area contributed by atoms with Crippen LogP contribution < -0.4 is 14.8 Å². The maximum atomic E-state index is 12.2. The number of carbonyl (C=O) groups excluding carboxylic acids is 1. The van der Waals surface area contributed by atoms with Crippen molar-refractivity contribution in [2.24, 2.45) is 0 Å². The molecule has 3 aromatic rings. The van der Waals surface area contributed by atoms with E-state index in [0.717, 1.165) is 11.1 Å². The Kier molecular flexibility index (Phi) is 6.72. The van der Waals surface area contributed by atoms with E-state index >= 15 is 0 Å². The number of ether oxygens (including phenoxy) is 2. The number of nitrogens with zero attached hydrogens (tertiary/aromatic N) is 2. The summed E-state index contributed by atoms with van der Waals surface area (Å²) >= 11 is 5.89. The van der Waals surface area contributed by atoms with Gasteiger partial charge in [0, 0.05) is 23.4 Å². The second-order valence-electron chi connectivity index (χ2n) is 6.42. The van der Waals surface area contributed by atoms with Gasteiger partial charge in [-0.3, -0.25) is 4.79 Å². The molecule has 0 unspecified atom stereocenters. The van der Waals surface area contributed by atoms with E-state index in [0.29, 0.717) is 34.7 Å². The summed E-state index contributed by atoms with van der Waals surface area (Å²) in [5, 5.41) is 7.60. The van der Waals surface area contributed by atoms with Gasteiger partial charge in [0.05, 0.1) is 20.3 Å². The Morgan fingerprint density at radius 3 is 2.55 bits per heavy atom. The lowest BCUT2D eigenvalue weighted by molar-refractivity contribution is -0.121. The summed E-state index contributed by atoms with van der Waals surface area (Å²) in [4.78, 5) is 16.6. The first-order valence-corrected chi connectivity index (χ1v) is 9.47. The first kappa shape index (κ1) is 20.7. The number of amides is 1. The molecule has 1 aromatic heterocycles. The second kappa shape index (κ2) is 9.43. The maximum Gasteiger partial charge on any atom is 0.227 e. The number of benzene rings is 2. The molecule has 0 aliphatic heterocycles. The van der Waals surface area contributed by atoms with Gasteiger partial charge in [-0.2, -0.15) is 4.98 Å². The van der Waals surface area contributed by atoms with Crippen molar-refractivity contribution in [2.45, 2.75) is 25.8 Å². The fourth-order valence-electron chi connectivity index (χ4n) is 2.82. The summed E-state index contributed by atoms with van der Waals surface area (Å²) in [7, 11) is 3.13. The zero-order valence-electron chi connectivity index (χ0n) is 16.4. The summed E-state index contributed by atoms with van der Waals surface area (Å²) in [6.07, 6.45) is 0.588. The van der Waals surface area contributed by atoms with Crippen molar-refractivity contribution >= 4 is 17.5 Å². The Hall–Kier alpha value is -3.06. The van der Waals surface area contributed by atoms with E-state index in [1.807, 2.05) is 25.1 Å². The Bertz CT molecular complexity index is 972. The number of hydrogen-bond donors (Lipinski definition) is 1. The van der Waals surface area contributed by atoms with Gasteiger partial charge in [-0.1, -0.05) is 28.9 Å². The lowest BCUT2D eigenvalue weighted by atomic mass is 10.1. The average molecular weight is 416 g/mol. The quantitative estimate of drug-likeness (QED) is 0.592. The zero-order valence-corrected chi connectivity index (χ0v) is 17.2. The smallest absolute Gasteiger partial charge is 0.227 e. The number of aromatic nitrogens is 2. The highest BCUT2D eigenvalue weighted by atomic mass is 35.5. The normalized spacial score (nSPS) is 11.7. The van der Waals surface area contributed by atoms with Gasteiger partial charge < -0.3 is 19.3 Å². The van der Waals surface area contributed by atoms with E-state index < -0.39 is 0 Å². The molecule has 152 valence electrons. The number of methoxy groups -OCH3 is 2. The van der Waals surface area contributed by atoms with Crippen molar-refractivity contribution in [3.63, 3.8) is 0 Å². The van der Waals surface area contributed by atoms with Gasteiger partial charge in [-0.15, -0.1) is 0 Å². The predicted molar refractivity (Wildman–Crippen MR) is 109 cm³/mol. The molecule has 8 heteroatoms. The van der Waals surface area contributed by atoms with Gasteiger partial charge in [-0.05, 0) is 42.8 Å². The molecule has 0 aliphatic carbocycles. The minimum Gasteiger partial charge on any atom is -0.493 e. The van der Waals surface area contributed by atoms with Crippen molar-refractivity contribution in [2.75, 3.05) is 14.2 Å². The molecule has 1 atom stereocenters. The van der Waals surface area contributed by atoms with Crippen LogP contribution in [0.2, 0.25) is 5.02 Å². The number of nitrogens with one attached hydrogen (secondary N) is 1. The molecule has 0 aliphatic rings. The van der Waals surface area contributed by atoms with Gasteiger partial charge in [0.25, 0.3) is 0 Å². The number of hydrogen-bond acceptors (Lipinski definition) is 6. The number of carbonyl (C=O) groups is 1. The molecule has 0 saturated carbocycles. The largest absolute Gasteiger partial charge is 0.493 e. The Morgan fingerprint density at radius 2 is 1.86 bits per heavy atom. The van der Waals surface area contributed by atoms with Crippen molar-refractivity contribution in [3.8, 4) is 22.9 Å². The van der Waals surface area contributed by atoms with Crippen LogP contribution in [0.1, 0.15) is 30.8 Å². The molecule has 1 N–H and O–H groups in total. The molecule has 0 spiro atoms. The van der Waals surface area contributed by atoms with Gasteiger partial charge in [-0.25, -0.2) is 0 Å². The Morgan fingerprint density at radius 1 is 1.14 bits per heavy atom. The molecule has 2 aromatic carbocycles. The molecule has 0 bridgehead atoms. The monoisotopic (exact) mass is 415 g/mol. The summed E-state index contributed by atoms with van der Waals surface area (Å²) < 4.78 is 15.8. The van der Waals surface area contributed by atoms with Crippen molar-refractivity contribution in [1.82, 2.24) is 15.5 Å². The fraction of sp³-hybridized carbons (Fsp3) is 0.286. The highest BCUT2D eigenvalue weighted by Crippen LogP contribution is 2.31. The van der Waals surface area contributed by atoms with E-state index in [1.165, 1.54) is 0 Å². The summed E-state index contributed by atoms with van der Waals surface area (Å²) in [6.45, 7) is 1.92. The number of rotatable bonds is 8. The highest BCUT2D eigenvalue weighted by Gasteiger charge is 2.14. The van der Waals surface area contributed by atoms with Crippen LogP contribution in [0.25, 0.3) is 11.4 Å². The van der Waals surface area contributed by atoms with E-state index in [9.17, 15) is 4.79 Å². The SMILES string of the molecule is COc1ccc(-c2noc(CCC(=O)N[C@@H](C)c3ccc(Cl)cc3)n2)cc1OC. The number of aryl methyl sites for hydroxylation is 1. The maximum absolute atomic E-state index is 12.2. The standard InChI is InChI=1S/C21H22ClN3O4/c1-13(14-4-7-16(22)8-5-14)23-19(26)10-11-20-24-21(25-29-20)15-6-9-17(27-2)18(12-15)28-3/h4-9,12-13H,10-11H2,1-3H3,(H,23,26)/t13-/m0/s1. The molecule has 3 rings (SSSR count). The van der Waals surface area contributed by atoms with Crippen LogP contribution in [0, 0.1) is 0 Å². The van der Waals surface area contributed by atoms with Crippen LogP contribution >= 0.6 is 11.6 Å². The molecule has 1 amide bonds. The van der Waals surface area contributed by atoms with Crippen LogP contribution in [0.5, 0.6) is 11.5 Å². The molecule has 1 heterocycles. The molecule has 0 radical (unpaired) electrons. The van der Waals surface area contributed by atoms with Crippen LogP contribution in [-0.2, 0) is 11.2 Å². The third-order valence-electron chi connectivity index (χ3n) is 4.42. The summed E-state index contributed by atoms with van der Waals surface area (Å²) in [5.74, 6) is 1.91. The average Bonchev–Trinajstić information content (AvgIpc) is 3.21. The summed E-state index contributed by atoms with van der Waals surface area (Å²) in [5.41, 5.74) is 1.72. The molecular formula is C21H22ClN3O4. The molecule has 7 nitrogen and oxygen atoms in total. The van der Waals surface area contributed by atoms with Crippen LogP contribution in [0.15, 0.2) is 47.0 Å². The Labute approximate surface area is 174 Å². The van der Waals surface area contributed by atoms with E-state index in [4.69, 9.17) is 25.6 Å². The predicted octanol–water partition coefficient (Wildman–Crippen LogP) is 4.22.